The number of rotatable bonds is 9. The van der Waals surface area contributed by atoms with Gasteiger partial charge in [-0.2, -0.15) is 0 Å². The maximum Gasteiger partial charge on any atom is 0.338 e. The van der Waals surface area contributed by atoms with Crippen molar-refractivity contribution in [2.75, 3.05) is 36.4 Å². The fourth-order valence-corrected chi connectivity index (χ4v) is 4.00. The summed E-state index contributed by atoms with van der Waals surface area (Å²) >= 11 is 6.24. The van der Waals surface area contributed by atoms with Gasteiger partial charge in [-0.1, -0.05) is 17.7 Å². The number of carbonyl (C=O) groups excluding carboxylic acids is 4. The standard InChI is InChI=1S/C28H24ClN3O7/c1-4-39-28(36)17-6-5-7-19(14-17)31-25(33)16-8-10-18(11-9-16)30-24-23(29)26(34)32(27(24)35)21-13-12-20(37-2)15-22(21)38-3/h5-15,30H,4H2,1-3H3,(H,31,33). The molecule has 0 saturated carbocycles. The lowest BCUT2D eigenvalue weighted by molar-refractivity contribution is -0.120. The van der Waals surface area contributed by atoms with E-state index in [9.17, 15) is 19.2 Å². The maximum atomic E-state index is 13.2. The van der Waals surface area contributed by atoms with Crippen molar-refractivity contribution in [1.82, 2.24) is 0 Å². The number of hydrogen-bond acceptors (Lipinski definition) is 8. The van der Waals surface area contributed by atoms with Crippen molar-refractivity contribution in [3.63, 3.8) is 0 Å². The molecule has 39 heavy (non-hydrogen) atoms. The highest BCUT2D eigenvalue weighted by atomic mass is 35.5. The lowest BCUT2D eigenvalue weighted by Crippen LogP contribution is -2.32. The molecule has 0 fully saturated rings. The van der Waals surface area contributed by atoms with Crippen LogP contribution < -0.4 is 25.0 Å². The third kappa shape index (κ3) is 5.70. The normalized spacial score (nSPS) is 12.9. The highest BCUT2D eigenvalue weighted by molar-refractivity contribution is 6.53. The van der Waals surface area contributed by atoms with E-state index < -0.39 is 23.7 Å². The number of ether oxygens (including phenoxy) is 3. The second kappa shape index (κ2) is 11.7. The molecule has 0 aliphatic carbocycles. The Balaban J connectivity index is 1.47. The smallest absolute Gasteiger partial charge is 0.338 e. The topological polar surface area (TPSA) is 123 Å². The molecule has 0 radical (unpaired) electrons. The van der Waals surface area contributed by atoms with Crippen molar-refractivity contribution in [3.8, 4) is 11.5 Å². The van der Waals surface area contributed by atoms with Crippen LogP contribution in [0.5, 0.6) is 11.5 Å². The minimum absolute atomic E-state index is 0.118. The number of methoxy groups -OCH3 is 2. The Hall–Kier alpha value is -4.83. The molecule has 3 amide bonds. The van der Waals surface area contributed by atoms with Crippen molar-refractivity contribution in [3.05, 3.63) is 88.6 Å². The molecular formula is C28H24ClN3O7. The van der Waals surface area contributed by atoms with Crippen LogP contribution in [0.25, 0.3) is 0 Å². The molecule has 0 bridgehead atoms. The van der Waals surface area contributed by atoms with Gasteiger partial charge in [0.2, 0.25) is 0 Å². The summed E-state index contributed by atoms with van der Waals surface area (Å²) in [5.74, 6) is -1.54. The molecule has 11 heteroatoms. The van der Waals surface area contributed by atoms with E-state index in [1.807, 2.05) is 0 Å². The zero-order chi connectivity index (χ0) is 28.1. The van der Waals surface area contributed by atoms with Crippen LogP contribution in [-0.2, 0) is 14.3 Å². The Kier molecular flexibility index (Phi) is 8.16. The van der Waals surface area contributed by atoms with Crippen molar-refractivity contribution < 1.29 is 33.4 Å². The number of nitrogens with one attached hydrogen (secondary N) is 2. The molecule has 1 heterocycles. The number of amides is 3. The molecule has 10 nitrogen and oxygen atoms in total. The van der Waals surface area contributed by atoms with Crippen LogP contribution in [0.1, 0.15) is 27.6 Å². The first kappa shape index (κ1) is 27.2. The summed E-state index contributed by atoms with van der Waals surface area (Å²) in [4.78, 5) is 51.6. The van der Waals surface area contributed by atoms with Crippen LogP contribution in [-0.4, -0.2) is 44.5 Å². The molecule has 0 spiro atoms. The zero-order valence-electron chi connectivity index (χ0n) is 21.2. The highest BCUT2D eigenvalue weighted by Gasteiger charge is 2.40. The van der Waals surface area contributed by atoms with Crippen molar-refractivity contribution >= 4 is 52.4 Å². The Morgan fingerprint density at radius 3 is 2.28 bits per heavy atom. The highest BCUT2D eigenvalue weighted by Crippen LogP contribution is 2.37. The minimum atomic E-state index is -0.714. The van der Waals surface area contributed by atoms with Gasteiger partial charge in [0.1, 0.15) is 22.2 Å². The number of imide groups is 1. The van der Waals surface area contributed by atoms with Crippen LogP contribution in [0.2, 0.25) is 0 Å². The quantitative estimate of drug-likeness (QED) is 0.294. The number of anilines is 3. The Labute approximate surface area is 229 Å². The zero-order valence-corrected chi connectivity index (χ0v) is 22.0. The number of hydrogen-bond donors (Lipinski definition) is 2. The number of halogens is 1. The fraction of sp³-hybridized carbons (Fsp3) is 0.143. The summed E-state index contributed by atoms with van der Waals surface area (Å²) in [6.07, 6.45) is 0. The average molecular weight is 550 g/mol. The van der Waals surface area contributed by atoms with E-state index in [-0.39, 0.29) is 28.8 Å². The third-order valence-corrected chi connectivity index (χ3v) is 6.05. The van der Waals surface area contributed by atoms with Crippen LogP contribution in [0, 0.1) is 0 Å². The first-order valence-electron chi connectivity index (χ1n) is 11.7. The Morgan fingerprint density at radius 1 is 0.872 bits per heavy atom. The Bertz CT molecular complexity index is 1480. The van der Waals surface area contributed by atoms with Gasteiger partial charge in [-0.25, -0.2) is 9.69 Å². The van der Waals surface area contributed by atoms with E-state index in [2.05, 4.69) is 10.6 Å². The van der Waals surface area contributed by atoms with Gasteiger partial charge in [0.25, 0.3) is 17.7 Å². The van der Waals surface area contributed by atoms with Gasteiger partial charge in [-0.3, -0.25) is 14.4 Å². The maximum absolute atomic E-state index is 13.2. The van der Waals surface area contributed by atoms with Gasteiger partial charge in [0, 0.05) is 23.0 Å². The molecule has 3 aromatic carbocycles. The van der Waals surface area contributed by atoms with Gasteiger partial charge in [0.15, 0.2) is 0 Å². The van der Waals surface area contributed by atoms with Crippen molar-refractivity contribution in [2.45, 2.75) is 6.92 Å². The van der Waals surface area contributed by atoms with E-state index >= 15 is 0 Å². The van der Waals surface area contributed by atoms with Gasteiger partial charge in [-0.05, 0) is 61.5 Å². The van der Waals surface area contributed by atoms with Crippen LogP contribution >= 0.6 is 11.6 Å². The molecule has 0 atom stereocenters. The second-order valence-corrected chi connectivity index (χ2v) is 8.51. The summed E-state index contributed by atoms with van der Waals surface area (Å²) in [5, 5.41) is 5.30. The lowest BCUT2D eigenvalue weighted by Gasteiger charge is -2.18. The van der Waals surface area contributed by atoms with Gasteiger partial charge in [0.05, 0.1) is 32.1 Å². The molecule has 4 rings (SSSR count). The molecule has 0 unspecified atom stereocenters. The van der Waals surface area contributed by atoms with Crippen LogP contribution in [0.15, 0.2) is 77.5 Å². The number of esters is 1. The molecule has 1 aliphatic heterocycles. The molecule has 2 N–H and O–H groups in total. The van der Waals surface area contributed by atoms with Crippen LogP contribution in [0.4, 0.5) is 17.1 Å². The number of benzene rings is 3. The summed E-state index contributed by atoms with van der Waals surface area (Å²) in [5.41, 5.74) is 1.58. The molecule has 0 saturated heterocycles. The second-order valence-electron chi connectivity index (χ2n) is 8.13. The monoisotopic (exact) mass is 549 g/mol. The van der Waals surface area contributed by atoms with Gasteiger partial charge < -0.3 is 24.8 Å². The van der Waals surface area contributed by atoms with E-state index in [0.717, 1.165) is 4.90 Å². The van der Waals surface area contributed by atoms with E-state index in [4.69, 9.17) is 25.8 Å². The largest absolute Gasteiger partial charge is 0.497 e. The fourth-order valence-electron chi connectivity index (χ4n) is 3.79. The first-order valence-corrected chi connectivity index (χ1v) is 12.1. The predicted octanol–water partition coefficient (Wildman–Crippen LogP) is 4.57. The summed E-state index contributed by atoms with van der Waals surface area (Å²) in [7, 11) is 2.89. The third-order valence-electron chi connectivity index (χ3n) is 5.70. The molecule has 1 aliphatic rings. The van der Waals surface area contributed by atoms with Gasteiger partial charge in [-0.15, -0.1) is 0 Å². The van der Waals surface area contributed by atoms with Crippen molar-refractivity contribution in [2.24, 2.45) is 0 Å². The lowest BCUT2D eigenvalue weighted by atomic mass is 10.1. The molecule has 0 aromatic heterocycles. The molecule has 3 aromatic rings. The molecule has 200 valence electrons. The molecular weight excluding hydrogens is 526 g/mol. The van der Waals surface area contributed by atoms with E-state index in [1.54, 1.807) is 49.4 Å². The predicted molar refractivity (Wildman–Crippen MR) is 145 cm³/mol. The van der Waals surface area contributed by atoms with Gasteiger partial charge >= 0.3 is 5.97 Å². The number of nitrogens with zero attached hydrogens (tertiary/aromatic N) is 1. The Morgan fingerprint density at radius 2 is 1.62 bits per heavy atom. The summed E-state index contributed by atoms with van der Waals surface area (Å²) in [6.45, 7) is 1.95. The van der Waals surface area contributed by atoms with E-state index in [0.29, 0.717) is 28.3 Å². The van der Waals surface area contributed by atoms with E-state index in [1.165, 1.54) is 38.5 Å². The van der Waals surface area contributed by atoms with Crippen LogP contribution in [0.3, 0.4) is 0 Å². The average Bonchev–Trinajstić information content (AvgIpc) is 3.16. The summed E-state index contributed by atoms with van der Waals surface area (Å²) < 4.78 is 15.5. The van der Waals surface area contributed by atoms with Crippen molar-refractivity contribution in [1.29, 1.82) is 0 Å². The minimum Gasteiger partial charge on any atom is -0.497 e. The SMILES string of the molecule is CCOC(=O)c1cccc(NC(=O)c2ccc(NC3=C(Cl)C(=O)N(c4ccc(OC)cc4OC)C3=O)cc2)c1. The number of carbonyl (C=O) groups is 4. The first-order chi connectivity index (χ1) is 18.8. The summed E-state index contributed by atoms with van der Waals surface area (Å²) in [6, 6.07) is 17.3.